The molecule has 0 unspecified atom stereocenters. The first-order chi connectivity index (χ1) is 12.2. The summed E-state index contributed by atoms with van der Waals surface area (Å²) in [5.74, 6) is 0. The standard InChI is InChI=1S/C18H18F3N3O2/c1-13-10-14(2-7-17(13)24(25)26)11-22-8-9-23(12-22)16-5-3-15(4-6-16)18(19,20)21/h2-7,10H,8-9,11-12H2,1H3. The third-order valence-corrected chi connectivity index (χ3v) is 4.48. The lowest BCUT2D eigenvalue weighted by molar-refractivity contribution is -0.385. The molecule has 1 saturated heterocycles. The molecule has 0 bridgehead atoms. The van der Waals surface area contributed by atoms with Crippen LogP contribution in [0.25, 0.3) is 0 Å². The number of rotatable bonds is 4. The van der Waals surface area contributed by atoms with Crippen molar-refractivity contribution in [2.75, 3.05) is 24.7 Å². The molecular weight excluding hydrogens is 347 g/mol. The van der Waals surface area contributed by atoms with E-state index >= 15 is 0 Å². The normalized spacial score (nSPS) is 15.5. The zero-order valence-corrected chi connectivity index (χ0v) is 14.2. The van der Waals surface area contributed by atoms with E-state index in [1.807, 2.05) is 4.90 Å². The molecule has 2 aromatic rings. The number of anilines is 1. The van der Waals surface area contributed by atoms with Crippen molar-refractivity contribution >= 4 is 11.4 Å². The lowest BCUT2D eigenvalue weighted by Gasteiger charge is -2.20. The van der Waals surface area contributed by atoms with Gasteiger partial charge in [0.2, 0.25) is 0 Å². The van der Waals surface area contributed by atoms with Gasteiger partial charge in [0.15, 0.2) is 0 Å². The third-order valence-electron chi connectivity index (χ3n) is 4.48. The van der Waals surface area contributed by atoms with E-state index in [0.29, 0.717) is 18.8 Å². The topological polar surface area (TPSA) is 49.6 Å². The highest BCUT2D eigenvalue weighted by molar-refractivity contribution is 5.49. The summed E-state index contributed by atoms with van der Waals surface area (Å²) < 4.78 is 37.9. The maximum atomic E-state index is 12.6. The van der Waals surface area contributed by atoms with Crippen LogP contribution in [0.4, 0.5) is 24.5 Å². The number of halogens is 3. The van der Waals surface area contributed by atoms with Crippen molar-refractivity contribution in [3.05, 3.63) is 69.3 Å². The third kappa shape index (κ3) is 3.96. The Labute approximate surface area is 148 Å². The van der Waals surface area contributed by atoms with Crippen LogP contribution < -0.4 is 4.90 Å². The van der Waals surface area contributed by atoms with E-state index in [1.54, 1.807) is 19.1 Å². The van der Waals surface area contributed by atoms with Crippen molar-refractivity contribution < 1.29 is 18.1 Å². The predicted octanol–water partition coefficient (Wildman–Crippen LogP) is 4.20. The number of hydrogen-bond acceptors (Lipinski definition) is 4. The second-order valence-corrected chi connectivity index (χ2v) is 6.38. The number of aryl methyl sites for hydroxylation is 1. The molecule has 1 heterocycles. The first kappa shape index (κ1) is 18.2. The summed E-state index contributed by atoms with van der Waals surface area (Å²) in [5.41, 5.74) is 1.79. The quantitative estimate of drug-likeness (QED) is 0.602. The molecule has 0 N–H and O–H groups in total. The van der Waals surface area contributed by atoms with Crippen molar-refractivity contribution in [3.8, 4) is 0 Å². The number of hydrogen-bond donors (Lipinski definition) is 0. The van der Waals surface area contributed by atoms with Gasteiger partial charge in [-0.05, 0) is 42.8 Å². The first-order valence-corrected chi connectivity index (χ1v) is 8.12. The fourth-order valence-electron chi connectivity index (χ4n) is 3.12. The number of benzene rings is 2. The molecule has 0 aromatic heterocycles. The molecule has 138 valence electrons. The number of nitro benzene ring substituents is 1. The Balaban J connectivity index is 1.64. The molecule has 0 amide bonds. The SMILES string of the molecule is Cc1cc(CN2CCN(c3ccc(C(F)(F)F)cc3)C2)ccc1[N+](=O)[O-]. The van der Waals surface area contributed by atoms with Crippen LogP contribution in [0.1, 0.15) is 16.7 Å². The second kappa shape index (κ2) is 6.95. The van der Waals surface area contributed by atoms with Crippen molar-refractivity contribution in [1.29, 1.82) is 0 Å². The number of nitrogens with zero attached hydrogens (tertiary/aromatic N) is 3. The average molecular weight is 365 g/mol. The van der Waals surface area contributed by atoms with Crippen LogP contribution in [0, 0.1) is 17.0 Å². The predicted molar refractivity (Wildman–Crippen MR) is 91.9 cm³/mol. The fourth-order valence-corrected chi connectivity index (χ4v) is 3.12. The molecular formula is C18H18F3N3O2. The monoisotopic (exact) mass is 365 g/mol. The maximum absolute atomic E-state index is 12.6. The van der Waals surface area contributed by atoms with Gasteiger partial charge in [-0.15, -0.1) is 0 Å². The molecule has 2 aromatic carbocycles. The minimum atomic E-state index is -4.33. The smallest absolute Gasteiger partial charge is 0.357 e. The summed E-state index contributed by atoms with van der Waals surface area (Å²) in [6.07, 6.45) is -4.33. The minimum absolute atomic E-state index is 0.0987. The zero-order valence-electron chi connectivity index (χ0n) is 14.2. The molecule has 0 radical (unpaired) electrons. The Morgan fingerprint density at radius 1 is 1.12 bits per heavy atom. The lowest BCUT2D eigenvalue weighted by atomic mass is 10.1. The van der Waals surface area contributed by atoms with Crippen LogP contribution in [-0.4, -0.2) is 29.6 Å². The summed E-state index contributed by atoms with van der Waals surface area (Å²) in [6.45, 7) is 4.44. The summed E-state index contributed by atoms with van der Waals surface area (Å²) in [6, 6.07) is 10.2. The average Bonchev–Trinajstić information content (AvgIpc) is 3.02. The maximum Gasteiger partial charge on any atom is 0.416 e. The molecule has 0 spiro atoms. The highest BCUT2D eigenvalue weighted by Crippen LogP contribution is 2.31. The van der Waals surface area contributed by atoms with E-state index < -0.39 is 16.7 Å². The van der Waals surface area contributed by atoms with Crippen molar-refractivity contribution in [2.45, 2.75) is 19.6 Å². The van der Waals surface area contributed by atoms with Gasteiger partial charge < -0.3 is 4.90 Å². The summed E-state index contributed by atoms with van der Waals surface area (Å²) in [4.78, 5) is 14.6. The molecule has 5 nitrogen and oxygen atoms in total. The Kier molecular flexibility index (Phi) is 4.86. The van der Waals surface area contributed by atoms with Crippen LogP contribution in [0.2, 0.25) is 0 Å². The molecule has 1 aliphatic heterocycles. The van der Waals surface area contributed by atoms with E-state index in [2.05, 4.69) is 4.90 Å². The highest BCUT2D eigenvalue weighted by atomic mass is 19.4. The van der Waals surface area contributed by atoms with Gasteiger partial charge in [-0.1, -0.05) is 6.07 Å². The van der Waals surface area contributed by atoms with Crippen LogP contribution in [0.3, 0.4) is 0 Å². The van der Waals surface area contributed by atoms with Gasteiger partial charge in [-0.2, -0.15) is 13.2 Å². The summed E-state index contributed by atoms with van der Waals surface area (Å²) >= 11 is 0. The van der Waals surface area contributed by atoms with Gasteiger partial charge in [-0.25, -0.2) is 0 Å². The Bertz CT molecular complexity index is 806. The lowest BCUT2D eigenvalue weighted by Crippen LogP contribution is -2.25. The fraction of sp³-hybridized carbons (Fsp3) is 0.333. The van der Waals surface area contributed by atoms with Gasteiger partial charge in [-0.3, -0.25) is 15.0 Å². The Hall–Kier alpha value is -2.61. The second-order valence-electron chi connectivity index (χ2n) is 6.38. The molecule has 8 heteroatoms. The van der Waals surface area contributed by atoms with E-state index in [0.717, 1.165) is 36.5 Å². The van der Waals surface area contributed by atoms with E-state index in [4.69, 9.17) is 0 Å². The molecule has 1 fully saturated rings. The summed E-state index contributed by atoms with van der Waals surface area (Å²) in [5, 5.41) is 10.9. The molecule has 1 aliphatic rings. The van der Waals surface area contributed by atoms with Gasteiger partial charge >= 0.3 is 6.18 Å². The van der Waals surface area contributed by atoms with Crippen LogP contribution >= 0.6 is 0 Å². The van der Waals surface area contributed by atoms with E-state index in [9.17, 15) is 23.3 Å². The molecule has 0 saturated carbocycles. The van der Waals surface area contributed by atoms with Gasteiger partial charge in [0, 0.05) is 37.0 Å². The minimum Gasteiger partial charge on any atom is -0.357 e. The Morgan fingerprint density at radius 2 is 1.81 bits per heavy atom. The van der Waals surface area contributed by atoms with Crippen LogP contribution in [0.5, 0.6) is 0 Å². The molecule has 3 rings (SSSR count). The van der Waals surface area contributed by atoms with E-state index in [1.165, 1.54) is 18.2 Å². The van der Waals surface area contributed by atoms with Gasteiger partial charge in [0.25, 0.3) is 5.69 Å². The molecule has 26 heavy (non-hydrogen) atoms. The zero-order chi connectivity index (χ0) is 18.9. The van der Waals surface area contributed by atoms with Crippen molar-refractivity contribution in [2.24, 2.45) is 0 Å². The van der Waals surface area contributed by atoms with E-state index in [-0.39, 0.29) is 5.69 Å². The van der Waals surface area contributed by atoms with Gasteiger partial charge in [0.1, 0.15) is 0 Å². The number of alkyl halides is 3. The van der Waals surface area contributed by atoms with Crippen molar-refractivity contribution in [3.63, 3.8) is 0 Å². The van der Waals surface area contributed by atoms with Gasteiger partial charge in [0.05, 0.1) is 17.2 Å². The largest absolute Gasteiger partial charge is 0.416 e. The molecule has 0 aliphatic carbocycles. The Morgan fingerprint density at radius 3 is 2.38 bits per heavy atom. The van der Waals surface area contributed by atoms with Crippen LogP contribution in [0.15, 0.2) is 42.5 Å². The van der Waals surface area contributed by atoms with Crippen molar-refractivity contribution in [1.82, 2.24) is 4.90 Å². The highest BCUT2D eigenvalue weighted by Gasteiger charge is 2.30. The van der Waals surface area contributed by atoms with Crippen LogP contribution in [-0.2, 0) is 12.7 Å². The molecule has 0 atom stereocenters. The summed E-state index contributed by atoms with van der Waals surface area (Å²) in [7, 11) is 0. The first-order valence-electron chi connectivity index (χ1n) is 8.12. The number of nitro groups is 1.